The van der Waals surface area contributed by atoms with Gasteiger partial charge in [-0.15, -0.1) is 12.4 Å². The maximum Gasteiger partial charge on any atom is 0.306 e. The van der Waals surface area contributed by atoms with Crippen molar-refractivity contribution in [3.63, 3.8) is 0 Å². The number of aliphatic hydroxyl groups excluding tert-OH is 1. The second-order valence-corrected chi connectivity index (χ2v) is 2.24. The highest BCUT2D eigenvalue weighted by atomic mass is 35.5. The van der Waals surface area contributed by atoms with Gasteiger partial charge in [0.25, 0.3) is 0 Å². The molecule has 1 unspecified atom stereocenters. The van der Waals surface area contributed by atoms with Crippen molar-refractivity contribution in [2.24, 2.45) is 0 Å². The van der Waals surface area contributed by atoms with E-state index in [1.165, 1.54) is 0 Å². The molecule has 12 heavy (non-hydrogen) atoms. The molecule has 0 aromatic carbocycles. The molecule has 0 amide bonds. The van der Waals surface area contributed by atoms with Crippen LogP contribution in [0.25, 0.3) is 0 Å². The molecule has 0 rings (SSSR count). The molecule has 0 aliphatic rings. The van der Waals surface area contributed by atoms with Crippen LogP contribution >= 0.6 is 12.4 Å². The van der Waals surface area contributed by atoms with Crippen LogP contribution in [0.4, 0.5) is 0 Å². The van der Waals surface area contributed by atoms with Crippen LogP contribution in [0.2, 0.25) is 0 Å². The fourth-order valence-electron chi connectivity index (χ4n) is 0.582. The van der Waals surface area contributed by atoms with E-state index in [4.69, 9.17) is 17.4 Å². The quantitative estimate of drug-likeness (QED) is 0.636. The summed E-state index contributed by atoms with van der Waals surface area (Å²) in [6.07, 6.45) is -2.88. The summed E-state index contributed by atoms with van der Waals surface area (Å²) in [5.41, 5.74) is 0. The lowest BCUT2D eigenvalue weighted by molar-refractivity contribution is -0.873. The summed E-state index contributed by atoms with van der Waals surface area (Å²) in [4.78, 5) is 10.5. The first kappa shape index (κ1) is 3.82. The maximum absolute atomic E-state index is 10.5. The molecule has 74 valence electrons. The predicted molar refractivity (Wildman–Crippen MR) is 48.4 cm³/mol. The van der Waals surface area contributed by atoms with Crippen LogP contribution in [-0.2, 0) is 4.79 Å². The summed E-state index contributed by atoms with van der Waals surface area (Å²) in [5, 5.41) is 18.0. The third kappa shape index (κ3) is 9.68. The molecule has 0 saturated heterocycles. The van der Waals surface area contributed by atoms with E-state index in [1.807, 2.05) is 0 Å². The van der Waals surface area contributed by atoms with Gasteiger partial charge in [-0.1, -0.05) is 0 Å². The van der Waals surface area contributed by atoms with Gasteiger partial charge in [0.15, 0.2) is 0 Å². The molecule has 0 aliphatic carbocycles. The molecule has 0 saturated carbocycles. The first-order chi connectivity index (χ1) is 8.56. The number of aliphatic carboxylic acids is 1. The standard InChI is InChI=1S/C7H15NO3.ClH/c1-8(2,3)5-6(9)4-7(10)11;/h6,9H,4-5H2,1-3H3;1H/p+1/i1D3,2D3,3D3;. The molecule has 0 fully saturated rings. The van der Waals surface area contributed by atoms with Gasteiger partial charge in [-0.05, 0) is 0 Å². The Kier molecular flexibility index (Phi) is 1.70. The number of carbonyl (C=O) groups is 1. The number of rotatable bonds is 4. The van der Waals surface area contributed by atoms with Crippen molar-refractivity contribution in [3.8, 4) is 0 Å². The van der Waals surface area contributed by atoms with Crippen LogP contribution in [0.3, 0.4) is 0 Å². The molecule has 5 heteroatoms. The first-order valence-corrected chi connectivity index (χ1v) is 2.84. The first-order valence-electron chi connectivity index (χ1n) is 7.34. The summed E-state index contributed by atoms with van der Waals surface area (Å²) in [5.74, 6) is -1.50. The van der Waals surface area contributed by atoms with E-state index in [2.05, 4.69) is 0 Å². The molecule has 0 aromatic rings. The minimum atomic E-state index is -3.49. The number of carboxylic acid groups (broad SMARTS) is 1. The maximum atomic E-state index is 10.5. The Morgan fingerprint density at radius 1 is 1.58 bits per heavy atom. The summed E-state index contributed by atoms with van der Waals surface area (Å²) in [7, 11) is 0. The van der Waals surface area contributed by atoms with Gasteiger partial charge in [-0.2, -0.15) is 0 Å². The summed E-state index contributed by atoms with van der Waals surface area (Å²) < 4.78 is 62.9. The van der Waals surface area contributed by atoms with Gasteiger partial charge in [0.05, 0.1) is 39.7 Å². The molecule has 0 heterocycles. The third-order valence-electron chi connectivity index (χ3n) is 0.895. The van der Waals surface area contributed by atoms with E-state index in [9.17, 15) is 9.90 Å². The topological polar surface area (TPSA) is 57.5 Å². The number of nitrogens with zero attached hydrogens (tertiary/aromatic N) is 1. The van der Waals surface area contributed by atoms with Crippen molar-refractivity contribution in [2.45, 2.75) is 12.5 Å². The van der Waals surface area contributed by atoms with Crippen LogP contribution < -0.4 is 0 Å². The molecule has 0 aliphatic heterocycles. The Labute approximate surface area is 91.4 Å². The fourth-order valence-corrected chi connectivity index (χ4v) is 0.582. The van der Waals surface area contributed by atoms with Crippen molar-refractivity contribution >= 4 is 18.4 Å². The van der Waals surface area contributed by atoms with E-state index in [0.29, 0.717) is 0 Å². The van der Waals surface area contributed by atoms with Crippen molar-refractivity contribution in [1.29, 1.82) is 0 Å². The lowest BCUT2D eigenvalue weighted by Crippen LogP contribution is -2.42. The van der Waals surface area contributed by atoms with Gasteiger partial charge >= 0.3 is 5.97 Å². The average molecular weight is 208 g/mol. The zero-order valence-corrected chi connectivity index (χ0v) is 6.97. The van der Waals surface area contributed by atoms with Crippen molar-refractivity contribution in [1.82, 2.24) is 0 Å². The van der Waals surface area contributed by atoms with E-state index in [1.54, 1.807) is 0 Å². The number of hydrogen-bond donors (Lipinski definition) is 2. The third-order valence-corrected chi connectivity index (χ3v) is 0.895. The Hall–Kier alpha value is -0.320. The molecule has 2 N–H and O–H groups in total. The Bertz CT molecular complexity index is 328. The van der Waals surface area contributed by atoms with Crippen LogP contribution in [-0.4, -0.2) is 54.2 Å². The molecule has 0 aromatic heterocycles. The highest BCUT2D eigenvalue weighted by Crippen LogP contribution is 1.98. The molecule has 0 spiro atoms. The van der Waals surface area contributed by atoms with E-state index < -0.39 is 50.4 Å². The molecule has 4 nitrogen and oxygen atoms in total. The minimum Gasteiger partial charge on any atom is -0.481 e. The smallest absolute Gasteiger partial charge is 0.306 e. The number of halogens is 1. The number of likely N-dealkylation sites (N-methyl/N-ethyl adjacent to an activating group) is 1. The van der Waals surface area contributed by atoms with Gasteiger partial charge in [0.2, 0.25) is 0 Å². The largest absolute Gasteiger partial charge is 0.481 e. The second-order valence-electron chi connectivity index (χ2n) is 2.24. The zero-order chi connectivity index (χ0) is 16.6. The highest BCUT2D eigenvalue weighted by Gasteiger charge is 2.17. The van der Waals surface area contributed by atoms with E-state index >= 15 is 0 Å². The summed E-state index contributed by atoms with van der Waals surface area (Å²) in [6.45, 7) is -11.7. The van der Waals surface area contributed by atoms with Gasteiger partial charge in [-0.3, -0.25) is 4.79 Å². The minimum absolute atomic E-state index is 0. The van der Waals surface area contributed by atoms with E-state index in [-0.39, 0.29) is 12.4 Å². The molecule has 1 atom stereocenters. The van der Waals surface area contributed by atoms with Gasteiger partial charge in [-0.25, -0.2) is 0 Å². The monoisotopic (exact) mass is 207 g/mol. The Balaban J connectivity index is 0. The predicted octanol–water partition coefficient (Wildman–Crippen LogP) is -0.0500. The molecular formula is C7H17ClNO3+. The normalized spacial score (nSPS) is 27.6. The molecular weight excluding hydrogens is 182 g/mol. The number of quaternary nitrogens is 1. The highest BCUT2D eigenvalue weighted by molar-refractivity contribution is 5.85. The SMILES string of the molecule is Cl.[2H]C([2H])([2H])[N+](CC(O)CC(=O)O)(C([2H])([2H])[2H])C([2H])([2H])[2H]. The lowest BCUT2D eigenvalue weighted by atomic mass is 10.2. The van der Waals surface area contributed by atoms with Crippen molar-refractivity contribution < 1.29 is 31.8 Å². The van der Waals surface area contributed by atoms with Crippen LogP contribution in [0.1, 0.15) is 18.8 Å². The number of aliphatic hydroxyl groups is 1. The van der Waals surface area contributed by atoms with Crippen LogP contribution in [0.5, 0.6) is 0 Å². The van der Waals surface area contributed by atoms with Gasteiger partial charge in [0.1, 0.15) is 12.6 Å². The van der Waals surface area contributed by atoms with Gasteiger partial charge in [0, 0.05) is 0 Å². The molecule has 0 radical (unpaired) electrons. The Morgan fingerprint density at radius 2 is 2.08 bits per heavy atom. The fraction of sp³-hybridized carbons (Fsp3) is 0.857. The Morgan fingerprint density at radius 3 is 2.42 bits per heavy atom. The van der Waals surface area contributed by atoms with Crippen LogP contribution in [0.15, 0.2) is 0 Å². The number of carboxylic acids is 1. The summed E-state index contributed by atoms with van der Waals surface area (Å²) >= 11 is 0. The van der Waals surface area contributed by atoms with Crippen molar-refractivity contribution in [2.75, 3.05) is 27.5 Å². The number of hydrogen-bond acceptors (Lipinski definition) is 2. The zero-order valence-electron chi connectivity index (χ0n) is 15.1. The van der Waals surface area contributed by atoms with Crippen LogP contribution in [0, 0.1) is 0 Å². The van der Waals surface area contributed by atoms with E-state index in [0.717, 1.165) is 0 Å². The average Bonchev–Trinajstić information content (AvgIpc) is 2.06. The lowest BCUT2D eigenvalue weighted by Gasteiger charge is -2.25. The van der Waals surface area contributed by atoms with Gasteiger partial charge < -0.3 is 14.7 Å². The van der Waals surface area contributed by atoms with Crippen molar-refractivity contribution in [3.05, 3.63) is 0 Å². The molecule has 0 bridgehead atoms. The summed E-state index contributed by atoms with van der Waals surface area (Å²) in [6, 6.07) is 0. The second kappa shape index (κ2) is 5.35.